The highest BCUT2D eigenvalue weighted by molar-refractivity contribution is 7.89. The second-order valence-corrected chi connectivity index (χ2v) is 5.55. The molecule has 0 bridgehead atoms. The maximum atomic E-state index is 11.0. The van der Waals surface area contributed by atoms with E-state index in [9.17, 15) is 13.2 Å². The normalized spacial score (nSPS) is 11.2. The van der Waals surface area contributed by atoms with E-state index in [0.717, 1.165) is 0 Å². The summed E-state index contributed by atoms with van der Waals surface area (Å²) >= 11 is 0. The monoisotopic (exact) mass is 272 g/mol. The van der Waals surface area contributed by atoms with Crippen LogP contribution in [0.5, 0.6) is 0 Å². The van der Waals surface area contributed by atoms with Crippen molar-refractivity contribution in [2.45, 2.75) is 6.42 Å². The summed E-state index contributed by atoms with van der Waals surface area (Å²) in [5.74, 6) is -0.669. The molecule has 1 aromatic carbocycles. The summed E-state index contributed by atoms with van der Waals surface area (Å²) in [4.78, 5) is 11.0. The molecule has 0 unspecified atom stereocenters. The van der Waals surface area contributed by atoms with E-state index in [0.29, 0.717) is 29.9 Å². The van der Waals surface area contributed by atoms with Crippen molar-refractivity contribution in [3.63, 3.8) is 0 Å². The number of anilines is 2. The molecule has 0 radical (unpaired) electrons. The summed E-state index contributed by atoms with van der Waals surface area (Å²) in [5.41, 5.74) is 12.2. The van der Waals surface area contributed by atoms with Gasteiger partial charge in [0.2, 0.25) is 15.9 Å². The van der Waals surface area contributed by atoms with Crippen LogP contribution < -0.4 is 21.9 Å². The van der Waals surface area contributed by atoms with Crippen LogP contribution >= 0.6 is 0 Å². The minimum Gasteiger partial charge on any atom is -0.397 e. The van der Waals surface area contributed by atoms with Gasteiger partial charge in [-0.3, -0.25) is 4.79 Å². The molecule has 0 aliphatic heterocycles. The highest BCUT2D eigenvalue weighted by Crippen LogP contribution is 2.19. The molecule has 0 saturated heterocycles. The van der Waals surface area contributed by atoms with E-state index in [1.807, 2.05) is 0 Å². The highest BCUT2D eigenvalue weighted by atomic mass is 32.2. The molecule has 0 aliphatic carbocycles. The van der Waals surface area contributed by atoms with Crippen LogP contribution in [0.15, 0.2) is 18.2 Å². The van der Waals surface area contributed by atoms with E-state index in [1.165, 1.54) is 12.1 Å². The number of hydrogen-bond donors (Lipinski definition) is 4. The molecule has 0 saturated carbocycles. The zero-order valence-corrected chi connectivity index (χ0v) is 10.5. The first-order chi connectivity index (χ1) is 8.29. The number of nitrogens with two attached hydrogens (primary N) is 3. The number of hydrogen-bond acceptors (Lipinski definition) is 5. The van der Waals surface area contributed by atoms with E-state index < -0.39 is 15.9 Å². The molecular formula is C10H16N4O3S. The van der Waals surface area contributed by atoms with Crippen LogP contribution in [0.25, 0.3) is 0 Å². The Balaban J connectivity index is 2.61. The summed E-state index contributed by atoms with van der Waals surface area (Å²) in [7, 11) is -3.46. The van der Waals surface area contributed by atoms with Gasteiger partial charge in [-0.05, 0) is 24.6 Å². The second-order valence-electron chi connectivity index (χ2n) is 3.81. The molecule has 0 spiro atoms. The number of nitrogens with one attached hydrogen (secondary N) is 1. The smallest absolute Gasteiger partial charge is 0.248 e. The fourth-order valence-corrected chi connectivity index (χ4v) is 1.91. The molecule has 7 N–H and O–H groups in total. The quantitative estimate of drug-likeness (QED) is 0.406. The Morgan fingerprint density at radius 3 is 2.56 bits per heavy atom. The van der Waals surface area contributed by atoms with Gasteiger partial charge in [0.05, 0.1) is 17.1 Å². The lowest BCUT2D eigenvalue weighted by Crippen LogP contribution is -2.19. The predicted octanol–water partition coefficient (Wildman–Crippen LogP) is -0.542. The number of carbonyl (C=O) groups excluding carboxylic acids is 1. The Morgan fingerprint density at radius 2 is 2.00 bits per heavy atom. The fourth-order valence-electron chi connectivity index (χ4n) is 1.36. The van der Waals surface area contributed by atoms with E-state index in [4.69, 9.17) is 16.6 Å². The molecule has 0 aromatic heterocycles. The maximum absolute atomic E-state index is 11.0. The van der Waals surface area contributed by atoms with Crippen molar-refractivity contribution in [1.29, 1.82) is 0 Å². The molecule has 0 aliphatic rings. The van der Waals surface area contributed by atoms with Crippen LogP contribution in [-0.2, 0) is 10.0 Å². The third kappa shape index (κ3) is 4.60. The number of nitrogen functional groups attached to an aromatic ring is 1. The van der Waals surface area contributed by atoms with Gasteiger partial charge in [-0.25, -0.2) is 13.6 Å². The molecule has 1 amide bonds. The standard InChI is InChI=1S/C10H16N4O3S/c11-8-3-2-7(10(12)15)6-9(8)14-4-1-5-18(13,16)17/h2-3,6,14H,1,4-5,11H2,(H2,12,15)(H2,13,16,17). The van der Waals surface area contributed by atoms with Gasteiger partial charge < -0.3 is 16.8 Å². The summed E-state index contributed by atoms with van der Waals surface area (Å²) < 4.78 is 21.4. The molecule has 0 heterocycles. The van der Waals surface area contributed by atoms with Crippen molar-refractivity contribution in [2.24, 2.45) is 10.9 Å². The Labute approximate surface area is 105 Å². The molecule has 8 heteroatoms. The first-order valence-electron chi connectivity index (χ1n) is 5.23. The van der Waals surface area contributed by atoms with E-state index >= 15 is 0 Å². The molecule has 0 fully saturated rings. The SMILES string of the molecule is NC(=O)c1ccc(N)c(NCCCS(N)(=O)=O)c1. The largest absolute Gasteiger partial charge is 0.397 e. The van der Waals surface area contributed by atoms with Gasteiger partial charge in [0.25, 0.3) is 0 Å². The van der Waals surface area contributed by atoms with Gasteiger partial charge in [-0.15, -0.1) is 0 Å². The third-order valence-electron chi connectivity index (χ3n) is 2.26. The minimum atomic E-state index is -3.46. The minimum absolute atomic E-state index is 0.116. The lowest BCUT2D eigenvalue weighted by Gasteiger charge is -2.10. The number of sulfonamides is 1. The molecule has 18 heavy (non-hydrogen) atoms. The molecule has 0 atom stereocenters. The van der Waals surface area contributed by atoms with Crippen LogP contribution in [0, 0.1) is 0 Å². The first-order valence-corrected chi connectivity index (χ1v) is 6.95. The van der Waals surface area contributed by atoms with E-state index in [2.05, 4.69) is 5.32 Å². The molecular weight excluding hydrogens is 256 g/mol. The van der Waals surface area contributed by atoms with Gasteiger partial charge in [0.15, 0.2) is 0 Å². The van der Waals surface area contributed by atoms with Gasteiger partial charge in [-0.2, -0.15) is 0 Å². The van der Waals surface area contributed by atoms with Crippen molar-refractivity contribution in [3.05, 3.63) is 23.8 Å². The van der Waals surface area contributed by atoms with E-state index in [-0.39, 0.29) is 5.75 Å². The number of primary amides is 1. The van der Waals surface area contributed by atoms with Crippen LogP contribution in [0.2, 0.25) is 0 Å². The number of primary sulfonamides is 1. The Morgan fingerprint density at radius 1 is 1.33 bits per heavy atom. The molecule has 1 rings (SSSR count). The van der Waals surface area contributed by atoms with Crippen LogP contribution in [0.3, 0.4) is 0 Å². The number of amides is 1. The summed E-state index contributed by atoms with van der Waals surface area (Å²) in [6, 6.07) is 4.60. The van der Waals surface area contributed by atoms with Gasteiger partial charge >= 0.3 is 0 Å². The van der Waals surface area contributed by atoms with Crippen molar-refractivity contribution in [3.8, 4) is 0 Å². The predicted molar refractivity (Wildman–Crippen MR) is 70.5 cm³/mol. The maximum Gasteiger partial charge on any atom is 0.248 e. The zero-order valence-electron chi connectivity index (χ0n) is 9.72. The summed E-state index contributed by atoms with van der Waals surface area (Å²) in [6.07, 6.45) is 0.346. The zero-order chi connectivity index (χ0) is 13.8. The average molecular weight is 272 g/mol. The van der Waals surface area contributed by atoms with Gasteiger partial charge in [0.1, 0.15) is 0 Å². The topological polar surface area (TPSA) is 141 Å². The molecule has 7 nitrogen and oxygen atoms in total. The van der Waals surface area contributed by atoms with Crippen LogP contribution in [0.1, 0.15) is 16.8 Å². The number of carbonyl (C=O) groups is 1. The van der Waals surface area contributed by atoms with Gasteiger partial charge in [0, 0.05) is 12.1 Å². The Kier molecular flexibility index (Phi) is 4.51. The average Bonchev–Trinajstić information content (AvgIpc) is 2.24. The lowest BCUT2D eigenvalue weighted by molar-refractivity contribution is 0.100. The second kappa shape index (κ2) is 5.69. The van der Waals surface area contributed by atoms with Crippen molar-refractivity contribution in [2.75, 3.05) is 23.3 Å². The third-order valence-corrected chi connectivity index (χ3v) is 3.12. The number of rotatable bonds is 6. The molecule has 1 aromatic rings. The first kappa shape index (κ1) is 14.3. The molecule has 100 valence electrons. The summed E-state index contributed by atoms with van der Waals surface area (Å²) in [6.45, 7) is 0.378. The van der Waals surface area contributed by atoms with Crippen LogP contribution in [-0.4, -0.2) is 26.6 Å². The Hall–Kier alpha value is -1.80. The van der Waals surface area contributed by atoms with E-state index in [1.54, 1.807) is 6.07 Å². The lowest BCUT2D eigenvalue weighted by atomic mass is 10.1. The number of benzene rings is 1. The van der Waals surface area contributed by atoms with Gasteiger partial charge in [-0.1, -0.05) is 0 Å². The summed E-state index contributed by atoms with van der Waals surface area (Å²) in [5, 5.41) is 7.80. The van der Waals surface area contributed by atoms with Crippen LogP contribution in [0.4, 0.5) is 11.4 Å². The van der Waals surface area contributed by atoms with Crippen molar-refractivity contribution >= 4 is 27.3 Å². The fraction of sp³-hybridized carbons (Fsp3) is 0.300. The highest BCUT2D eigenvalue weighted by Gasteiger charge is 2.06. The van der Waals surface area contributed by atoms with Crippen molar-refractivity contribution < 1.29 is 13.2 Å². The van der Waals surface area contributed by atoms with Crippen molar-refractivity contribution in [1.82, 2.24) is 0 Å². The Bertz CT molecular complexity index is 542.